The Hall–Kier alpha value is -0.830. The Balaban J connectivity index is 2.25. The Morgan fingerprint density at radius 1 is 1.55 bits per heavy atom. The zero-order valence-electron chi connectivity index (χ0n) is 6.23. The van der Waals surface area contributed by atoms with Crippen molar-refractivity contribution in [2.24, 2.45) is 11.8 Å². The molecule has 1 saturated heterocycles. The minimum atomic E-state index is -0.499. The van der Waals surface area contributed by atoms with Gasteiger partial charge in [-0.2, -0.15) is 0 Å². The first kappa shape index (κ1) is 6.85. The van der Waals surface area contributed by atoms with Crippen molar-refractivity contribution in [3.63, 3.8) is 0 Å². The summed E-state index contributed by atoms with van der Waals surface area (Å²) in [5, 5.41) is 9.37. The third-order valence-corrected chi connectivity index (χ3v) is 2.47. The molecule has 3 heteroatoms. The molecule has 2 rings (SSSR count). The van der Waals surface area contributed by atoms with Crippen LogP contribution in [0, 0.1) is 11.8 Å². The van der Waals surface area contributed by atoms with Gasteiger partial charge < -0.3 is 9.84 Å². The standard InChI is InChI=1S/C8H10O3/c1-4-7-5(9)2-3-6(7)11-8(4)10/h2-7,9H,1H3. The topological polar surface area (TPSA) is 46.5 Å². The van der Waals surface area contributed by atoms with Crippen molar-refractivity contribution in [1.29, 1.82) is 0 Å². The van der Waals surface area contributed by atoms with Crippen LogP contribution in [0.2, 0.25) is 0 Å². The predicted molar refractivity (Wildman–Crippen MR) is 37.7 cm³/mol. The molecule has 3 nitrogen and oxygen atoms in total. The summed E-state index contributed by atoms with van der Waals surface area (Å²) in [6, 6.07) is 0. The molecular formula is C8H10O3. The first-order valence-corrected chi connectivity index (χ1v) is 3.77. The summed E-state index contributed by atoms with van der Waals surface area (Å²) in [4.78, 5) is 11.0. The Morgan fingerprint density at radius 2 is 2.27 bits per heavy atom. The van der Waals surface area contributed by atoms with Gasteiger partial charge in [0.25, 0.3) is 0 Å². The van der Waals surface area contributed by atoms with E-state index in [-0.39, 0.29) is 23.9 Å². The molecule has 60 valence electrons. The van der Waals surface area contributed by atoms with Crippen LogP contribution in [0.4, 0.5) is 0 Å². The van der Waals surface area contributed by atoms with Crippen LogP contribution in [0.5, 0.6) is 0 Å². The number of esters is 1. The third-order valence-electron chi connectivity index (χ3n) is 2.47. The maximum absolute atomic E-state index is 11.0. The SMILES string of the molecule is CC1C(=O)OC2C=CC(O)C21. The van der Waals surface area contributed by atoms with Gasteiger partial charge in [0.2, 0.25) is 0 Å². The highest BCUT2D eigenvalue weighted by atomic mass is 16.6. The highest BCUT2D eigenvalue weighted by Crippen LogP contribution is 2.35. The minimum absolute atomic E-state index is 0.0394. The Morgan fingerprint density at radius 3 is 2.91 bits per heavy atom. The van der Waals surface area contributed by atoms with Crippen molar-refractivity contribution >= 4 is 5.97 Å². The molecule has 0 aromatic carbocycles. The second-order valence-corrected chi connectivity index (χ2v) is 3.14. The van der Waals surface area contributed by atoms with Crippen molar-refractivity contribution in [3.8, 4) is 0 Å². The lowest BCUT2D eigenvalue weighted by Crippen LogP contribution is -2.24. The van der Waals surface area contributed by atoms with Gasteiger partial charge in [0.1, 0.15) is 6.10 Å². The molecule has 1 heterocycles. The number of fused-ring (bicyclic) bond motifs is 1. The van der Waals surface area contributed by atoms with E-state index in [2.05, 4.69) is 0 Å². The van der Waals surface area contributed by atoms with E-state index in [0.717, 1.165) is 0 Å². The number of rotatable bonds is 0. The smallest absolute Gasteiger partial charge is 0.309 e. The molecular weight excluding hydrogens is 144 g/mol. The summed E-state index contributed by atoms with van der Waals surface area (Å²) < 4.78 is 4.98. The fourth-order valence-corrected chi connectivity index (χ4v) is 1.77. The lowest BCUT2D eigenvalue weighted by atomic mass is 9.91. The van der Waals surface area contributed by atoms with Gasteiger partial charge in [-0.15, -0.1) is 0 Å². The van der Waals surface area contributed by atoms with Gasteiger partial charge in [0.15, 0.2) is 0 Å². The molecule has 2 aliphatic rings. The zero-order valence-corrected chi connectivity index (χ0v) is 6.23. The van der Waals surface area contributed by atoms with Crippen LogP contribution in [0.25, 0.3) is 0 Å². The lowest BCUT2D eigenvalue weighted by molar-refractivity contribution is -0.142. The predicted octanol–water partition coefficient (Wildman–Crippen LogP) is 0.0948. The molecule has 1 aliphatic carbocycles. The number of hydrogen-bond donors (Lipinski definition) is 1. The molecule has 0 amide bonds. The van der Waals surface area contributed by atoms with Gasteiger partial charge in [-0.25, -0.2) is 0 Å². The molecule has 1 N–H and O–H groups in total. The van der Waals surface area contributed by atoms with Gasteiger partial charge in [0, 0.05) is 5.92 Å². The van der Waals surface area contributed by atoms with E-state index in [1.165, 1.54) is 0 Å². The van der Waals surface area contributed by atoms with Crippen LogP contribution in [0.3, 0.4) is 0 Å². The average molecular weight is 154 g/mol. The Kier molecular flexibility index (Phi) is 1.29. The van der Waals surface area contributed by atoms with Crippen molar-refractivity contribution in [2.75, 3.05) is 0 Å². The van der Waals surface area contributed by atoms with Crippen molar-refractivity contribution in [2.45, 2.75) is 19.1 Å². The molecule has 1 fully saturated rings. The Labute approximate surface area is 64.7 Å². The van der Waals surface area contributed by atoms with E-state index < -0.39 is 6.10 Å². The lowest BCUT2D eigenvalue weighted by Gasteiger charge is -2.13. The van der Waals surface area contributed by atoms with Crippen LogP contribution in [0.1, 0.15) is 6.92 Å². The molecule has 0 radical (unpaired) electrons. The fraction of sp³-hybridized carbons (Fsp3) is 0.625. The highest BCUT2D eigenvalue weighted by Gasteiger charge is 2.46. The van der Waals surface area contributed by atoms with Crippen LogP contribution >= 0.6 is 0 Å². The largest absolute Gasteiger partial charge is 0.457 e. The number of ether oxygens (including phenoxy) is 1. The molecule has 0 saturated carbocycles. The van der Waals surface area contributed by atoms with E-state index >= 15 is 0 Å². The summed E-state index contributed by atoms with van der Waals surface area (Å²) >= 11 is 0. The maximum atomic E-state index is 11.0. The number of aliphatic hydroxyl groups is 1. The second kappa shape index (κ2) is 2.08. The van der Waals surface area contributed by atoms with Gasteiger partial charge in [-0.05, 0) is 6.08 Å². The number of carbonyl (C=O) groups is 1. The number of aliphatic hydroxyl groups excluding tert-OH is 1. The fourth-order valence-electron chi connectivity index (χ4n) is 1.77. The van der Waals surface area contributed by atoms with E-state index in [0.29, 0.717) is 0 Å². The third kappa shape index (κ3) is 0.807. The summed E-state index contributed by atoms with van der Waals surface area (Å²) in [6.45, 7) is 1.79. The van der Waals surface area contributed by atoms with Crippen LogP contribution in [-0.4, -0.2) is 23.3 Å². The van der Waals surface area contributed by atoms with Gasteiger partial charge in [-0.1, -0.05) is 13.0 Å². The molecule has 0 aromatic heterocycles. The zero-order chi connectivity index (χ0) is 8.01. The number of hydrogen-bond acceptors (Lipinski definition) is 3. The monoisotopic (exact) mass is 154 g/mol. The molecule has 1 aliphatic heterocycles. The first-order chi connectivity index (χ1) is 5.20. The molecule has 0 spiro atoms. The van der Waals surface area contributed by atoms with E-state index in [9.17, 15) is 9.90 Å². The molecule has 4 atom stereocenters. The molecule has 4 unspecified atom stereocenters. The second-order valence-electron chi connectivity index (χ2n) is 3.14. The molecule has 0 bridgehead atoms. The van der Waals surface area contributed by atoms with E-state index in [4.69, 9.17) is 4.74 Å². The van der Waals surface area contributed by atoms with E-state index in [1.54, 1.807) is 19.1 Å². The number of carbonyl (C=O) groups excluding carboxylic acids is 1. The van der Waals surface area contributed by atoms with Crippen molar-refractivity contribution < 1.29 is 14.6 Å². The summed E-state index contributed by atoms with van der Waals surface area (Å²) in [6.07, 6.45) is 2.78. The molecule has 11 heavy (non-hydrogen) atoms. The van der Waals surface area contributed by atoms with Gasteiger partial charge >= 0.3 is 5.97 Å². The minimum Gasteiger partial charge on any atom is -0.457 e. The highest BCUT2D eigenvalue weighted by molar-refractivity contribution is 5.75. The van der Waals surface area contributed by atoms with Crippen molar-refractivity contribution in [1.82, 2.24) is 0 Å². The molecule has 0 aromatic rings. The summed E-state index contributed by atoms with van der Waals surface area (Å²) in [7, 11) is 0. The van der Waals surface area contributed by atoms with Crippen molar-refractivity contribution in [3.05, 3.63) is 12.2 Å². The Bertz CT molecular complexity index is 221. The average Bonchev–Trinajstić information content (AvgIpc) is 2.41. The van der Waals surface area contributed by atoms with E-state index in [1.807, 2.05) is 0 Å². The quantitative estimate of drug-likeness (QED) is 0.397. The summed E-state index contributed by atoms with van der Waals surface area (Å²) in [5.41, 5.74) is 0. The van der Waals surface area contributed by atoms with Gasteiger partial charge in [-0.3, -0.25) is 4.79 Å². The maximum Gasteiger partial charge on any atom is 0.309 e. The van der Waals surface area contributed by atoms with Crippen LogP contribution in [-0.2, 0) is 9.53 Å². The van der Waals surface area contributed by atoms with Crippen LogP contribution < -0.4 is 0 Å². The van der Waals surface area contributed by atoms with Gasteiger partial charge in [0.05, 0.1) is 12.0 Å². The summed E-state index contributed by atoms with van der Waals surface area (Å²) in [5.74, 6) is -0.393. The first-order valence-electron chi connectivity index (χ1n) is 3.77. The normalized spacial score (nSPS) is 47.6. The van der Waals surface area contributed by atoms with Crippen LogP contribution in [0.15, 0.2) is 12.2 Å².